The summed E-state index contributed by atoms with van der Waals surface area (Å²) in [7, 11) is 6.99. The maximum Gasteiger partial charge on any atom is 0.272 e. The van der Waals surface area contributed by atoms with Crippen molar-refractivity contribution in [3.63, 3.8) is 0 Å². The molecule has 1 atom stereocenters. The van der Waals surface area contributed by atoms with E-state index >= 15 is 0 Å². The zero-order valence-electron chi connectivity index (χ0n) is 28.2. The fourth-order valence-corrected chi connectivity index (χ4v) is 6.05. The summed E-state index contributed by atoms with van der Waals surface area (Å²) in [5.41, 5.74) is 3.99. The second-order valence-corrected chi connectivity index (χ2v) is 12.5. The number of anilines is 3. The average molecular weight is 687 g/mol. The van der Waals surface area contributed by atoms with Crippen LogP contribution in [0.5, 0.6) is 11.5 Å². The molecule has 0 fully saturated rings. The number of hydrogen-bond acceptors (Lipinski definition) is 7. The Balaban J connectivity index is 1.39. The number of nitrogens with one attached hydrogen (secondary N) is 3. The molecule has 3 N–H and O–H groups in total. The van der Waals surface area contributed by atoms with E-state index in [1.807, 2.05) is 85.7 Å². The molecule has 10 heteroatoms. The minimum Gasteiger partial charge on any atom is -0.497 e. The summed E-state index contributed by atoms with van der Waals surface area (Å²) < 4.78 is 10.8. The first-order valence-corrected chi connectivity index (χ1v) is 16.6. The minimum absolute atomic E-state index is 0.0725. The number of thioether (sulfide) groups is 1. The van der Waals surface area contributed by atoms with E-state index in [2.05, 4.69) is 16.0 Å². The normalized spacial score (nSPS) is 11.6. The van der Waals surface area contributed by atoms with Crippen LogP contribution in [0.25, 0.3) is 6.08 Å². The highest BCUT2D eigenvalue weighted by atomic mass is 32.2. The van der Waals surface area contributed by atoms with Crippen molar-refractivity contribution in [2.45, 2.75) is 10.1 Å². The predicted octanol–water partition coefficient (Wildman–Crippen LogP) is 7.65. The van der Waals surface area contributed by atoms with Gasteiger partial charge in [0, 0.05) is 42.0 Å². The number of carbonyl (C=O) groups excluding carboxylic acids is 3. The van der Waals surface area contributed by atoms with Crippen molar-refractivity contribution in [2.24, 2.45) is 0 Å². The van der Waals surface area contributed by atoms with E-state index in [1.165, 1.54) is 18.9 Å². The lowest BCUT2D eigenvalue weighted by atomic mass is 10.1. The SMILES string of the molecule is COc1ccc(OC)c(NC(=O)C(Sc2cccc(NC(=O)/C(=C\c3ccc(N(C)C)cc3)NC(=O)c3ccccc3)c2)c2ccccc2)c1. The molecule has 0 radical (unpaired) electrons. The number of amides is 3. The van der Waals surface area contributed by atoms with Crippen LogP contribution in [0.3, 0.4) is 0 Å². The fourth-order valence-electron chi connectivity index (χ4n) is 4.97. The minimum atomic E-state index is -0.649. The quantitative estimate of drug-likeness (QED) is 0.0863. The van der Waals surface area contributed by atoms with E-state index < -0.39 is 17.1 Å². The van der Waals surface area contributed by atoms with Gasteiger partial charge in [0.15, 0.2) is 0 Å². The van der Waals surface area contributed by atoms with Gasteiger partial charge in [-0.2, -0.15) is 0 Å². The van der Waals surface area contributed by atoms with Crippen LogP contribution >= 0.6 is 11.8 Å². The molecule has 0 heterocycles. The highest BCUT2D eigenvalue weighted by Crippen LogP contribution is 2.38. The molecule has 0 spiro atoms. The van der Waals surface area contributed by atoms with E-state index in [1.54, 1.807) is 73.8 Å². The largest absolute Gasteiger partial charge is 0.497 e. The van der Waals surface area contributed by atoms with Crippen molar-refractivity contribution in [3.8, 4) is 11.5 Å². The Morgan fingerprint density at radius 2 is 1.44 bits per heavy atom. The van der Waals surface area contributed by atoms with Crippen molar-refractivity contribution in [1.82, 2.24) is 5.32 Å². The molecule has 254 valence electrons. The number of nitrogens with zero attached hydrogens (tertiary/aromatic N) is 1. The van der Waals surface area contributed by atoms with Gasteiger partial charge in [-0.25, -0.2) is 0 Å². The number of benzene rings is 5. The zero-order valence-corrected chi connectivity index (χ0v) is 29.0. The molecule has 3 amide bonds. The zero-order chi connectivity index (χ0) is 35.5. The van der Waals surface area contributed by atoms with E-state index in [0.717, 1.165) is 21.7 Å². The van der Waals surface area contributed by atoms with Crippen molar-refractivity contribution in [3.05, 3.63) is 150 Å². The molecule has 0 aliphatic heterocycles. The lowest BCUT2D eigenvalue weighted by Gasteiger charge is -2.19. The highest BCUT2D eigenvalue weighted by molar-refractivity contribution is 8.00. The van der Waals surface area contributed by atoms with Gasteiger partial charge < -0.3 is 30.3 Å². The molecule has 0 saturated heterocycles. The molecule has 0 aromatic heterocycles. The fraction of sp³-hybridized carbons (Fsp3) is 0.125. The molecule has 0 aliphatic rings. The maximum atomic E-state index is 13.8. The van der Waals surface area contributed by atoms with Crippen LogP contribution in [0.1, 0.15) is 26.7 Å². The average Bonchev–Trinajstić information content (AvgIpc) is 3.14. The first-order valence-electron chi connectivity index (χ1n) is 15.8. The van der Waals surface area contributed by atoms with Crippen LogP contribution in [0, 0.1) is 0 Å². The third-order valence-electron chi connectivity index (χ3n) is 7.60. The van der Waals surface area contributed by atoms with E-state index in [-0.39, 0.29) is 11.6 Å². The van der Waals surface area contributed by atoms with Gasteiger partial charge in [0.05, 0.1) is 19.9 Å². The first-order chi connectivity index (χ1) is 24.2. The lowest BCUT2D eigenvalue weighted by Crippen LogP contribution is -2.30. The molecule has 5 rings (SSSR count). The molecule has 9 nitrogen and oxygen atoms in total. The monoisotopic (exact) mass is 686 g/mol. The summed E-state index contributed by atoms with van der Waals surface area (Å²) in [6, 6.07) is 38.2. The smallest absolute Gasteiger partial charge is 0.272 e. The first kappa shape index (κ1) is 35.3. The summed E-state index contributed by atoms with van der Waals surface area (Å²) in [6.45, 7) is 0. The van der Waals surface area contributed by atoms with Crippen LogP contribution in [-0.4, -0.2) is 46.0 Å². The Morgan fingerprint density at radius 3 is 2.10 bits per heavy atom. The predicted molar refractivity (Wildman–Crippen MR) is 201 cm³/mol. The number of hydrogen-bond donors (Lipinski definition) is 3. The van der Waals surface area contributed by atoms with E-state index in [9.17, 15) is 14.4 Å². The van der Waals surface area contributed by atoms with Gasteiger partial charge in [0.2, 0.25) is 5.91 Å². The molecule has 50 heavy (non-hydrogen) atoms. The Hall–Kier alpha value is -6.00. The van der Waals surface area contributed by atoms with Crippen LogP contribution in [0.15, 0.2) is 138 Å². The van der Waals surface area contributed by atoms with Crippen molar-refractivity contribution in [1.29, 1.82) is 0 Å². The number of carbonyl (C=O) groups is 3. The molecule has 0 aliphatic carbocycles. The van der Waals surface area contributed by atoms with Crippen molar-refractivity contribution >= 4 is 52.6 Å². The second kappa shape index (κ2) is 16.9. The van der Waals surface area contributed by atoms with Gasteiger partial charge in [0.25, 0.3) is 11.8 Å². The lowest BCUT2D eigenvalue weighted by molar-refractivity contribution is -0.116. The van der Waals surface area contributed by atoms with Gasteiger partial charge in [-0.3, -0.25) is 14.4 Å². The van der Waals surface area contributed by atoms with Crippen LogP contribution < -0.4 is 30.3 Å². The van der Waals surface area contributed by atoms with Gasteiger partial charge >= 0.3 is 0 Å². The molecule has 0 saturated carbocycles. The molecule has 5 aromatic rings. The van der Waals surface area contributed by atoms with Crippen LogP contribution in [0.2, 0.25) is 0 Å². The Bertz CT molecular complexity index is 1970. The third-order valence-corrected chi connectivity index (χ3v) is 8.85. The van der Waals surface area contributed by atoms with Gasteiger partial charge in [-0.05, 0) is 71.8 Å². The van der Waals surface area contributed by atoms with Gasteiger partial charge in [-0.15, -0.1) is 11.8 Å². The van der Waals surface area contributed by atoms with E-state index in [0.29, 0.717) is 28.4 Å². The third kappa shape index (κ3) is 9.33. The summed E-state index contributed by atoms with van der Waals surface area (Å²) in [6.07, 6.45) is 1.64. The second-order valence-electron chi connectivity index (χ2n) is 11.3. The van der Waals surface area contributed by atoms with E-state index in [4.69, 9.17) is 9.47 Å². The number of rotatable bonds is 13. The number of ether oxygens (including phenoxy) is 2. The summed E-state index contributed by atoms with van der Waals surface area (Å²) >= 11 is 1.33. The maximum absolute atomic E-state index is 13.8. The van der Waals surface area contributed by atoms with Gasteiger partial charge in [0.1, 0.15) is 22.4 Å². The molecular formula is C40H38N4O5S. The molecule has 0 bridgehead atoms. The van der Waals surface area contributed by atoms with Crippen molar-refractivity contribution < 1.29 is 23.9 Å². The highest BCUT2D eigenvalue weighted by Gasteiger charge is 2.24. The number of methoxy groups -OCH3 is 2. The molecular weight excluding hydrogens is 649 g/mol. The van der Waals surface area contributed by atoms with Gasteiger partial charge in [-0.1, -0.05) is 66.7 Å². The standard InChI is InChI=1S/C40H38N4O5S/c1-44(2)31-20-18-27(19-21-31)24-35(43-38(45)29-14-9-6-10-15-29)39(46)41-30-16-11-17-33(25-30)50-37(28-12-7-5-8-13-28)40(47)42-34-26-32(48-3)22-23-36(34)49-4/h5-26,37H,1-4H3,(H,41,46)(H,42,47)(H,43,45)/b35-24+. The summed E-state index contributed by atoms with van der Waals surface area (Å²) in [5.74, 6) is -0.109. The Kier molecular flexibility index (Phi) is 11.9. The Labute approximate surface area is 296 Å². The van der Waals surface area contributed by atoms with Crippen molar-refractivity contribution in [2.75, 3.05) is 43.8 Å². The molecule has 5 aromatic carbocycles. The summed E-state index contributed by atoms with van der Waals surface area (Å²) in [4.78, 5) is 43.4. The Morgan fingerprint density at radius 1 is 0.740 bits per heavy atom. The van der Waals surface area contributed by atoms with Crippen LogP contribution in [-0.2, 0) is 9.59 Å². The topological polar surface area (TPSA) is 109 Å². The summed E-state index contributed by atoms with van der Waals surface area (Å²) in [5, 5.41) is 8.06. The van der Waals surface area contributed by atoms with Crippen LogP contribution in [0.4, 0.5) is 17.1 Å². The molecule has 1 unspecified atom stereocenters.